The van der Waals surface area contributed by atoms with Crippen LogP contribution in [-0.2, 0) is 14.9 Å². The van der Waals surface area contributed by atoms with Crippen LogP contribution in [0.15, 0.2) is 51.8 Å². The summed E-state index contributed by atoms with van der Waals surface area (Å²) in [5.74, 6) is -0.349. The van der Waals surface area contributed by atoms with Crippen LogP contribution in [0.2, 0.25) is 0 Å². The van der Waals surface area contributed by atoms with Crippen molar-refractivity contribution in [1.29, 1.82) is 0 Å². The van der Waals surface area contributed by atoms with Gasteiger partial charge >= 0.3 is 16.1 Å². The van der Waals surface area contributed by atoms with Gasteiger partial charge in [-0.2, -0.15) is 8.42 Å². The highest BCUT2D eigenvalue weighted by molar-refractivity contribution is 9.10. The van der Waals surface area contributed by atoms with Gasteiger partial charge in [0.25, 0.3) is 0 Å². The van der Waals surface area contributed by atoms with Crippen LogP contribution in [0.5, 0.6) is 5.75 Å². The Kier molecular flexibility index (Phi) is 5.06. The van der Waals surface area contributed by atoms with Crippen LogP contribution in [-0.4, -0.2) is 26.0 Å². The fourth-order valence-electron chi connectivity index (χ4n) is 2.41. The predicted molar refractivity (Wildman–Crippen MR) is 101 cm³/mol. The number of carbonyl (C=O) groups excluding carboxylic acids is 1. The van der Waals surface area contributed by atoms with Crippen molar-refractivity contribution in [2.24, 2.45) is 0 Å². The number of aryl methyl sites for hydroxylation is 1. The number of aromatic amines is 1. The molecular weight excluding hydrogens is 422 g/mol. The quantitative estimate of drug-likeness (QED) is 0.477. The number of aromatic nitrogens is 1. The van der Waals surface area contributed by atoms with E-state index in [1.165, 1.54) is 18.2 Å². The van der Waals surface area contributed by atoms with Gasteiger partial charge in [0.15, 0.2) is 0 Å². The van der Waals surface area contributed by atoms with Crippen LogP contribution in [0, 0.1) is 6.92 Å². The first-order valence-electron chi connectivity index (χ1n) is 7.81. The fourth-order valence-corrected chi connectivity index (χ4v) is 3.93. The van der Waals surface area contributed by atoms with Crippen molar-refractivity contribution < 1.29 is 22.1 Å². The number of nitrogens with one attached hydrogen (secondary N) is 1. The third-order valence-electron chi connectivity index (χ3n) is 3.70. The van der Waals surface area contributed by atoms with Gasteiger partial charge in [0.1, 0.15) is 16.3 Å². The zero-order chi connectivity index (χ0) is 18.9. The zero-order valence-electron chi connectivity index (χ0n) is 14.1. The topological polar surface area (TPSA) is 85.5 Å². The van der Waals surface area contributed by atoms with Crippen molar-refractivity contribution in [3.63, 3.8) is 0 Å². The molecule has 3 rings (SSSR count). The molecule has 0 amide bonds. The van der Waals surface area contributed by atoms with Gasteiger partial charge < -0.3 is 13.9 Å². The van der Waals surface area contributed by atoms with Crippen molar-refractivity contribution in [2.45, 2.75) is 18.7 Å². The summed E-state index contributed by atoms with van der Waals surface area (Å²) in [7, 11) is -3.95. The average Bonchev–Trinajstić information content (AvgIpc) is 2.92. The van der Waals surface area contributed by atoms with Crippen LogP contribution in [0.1, 0.15) is 23.0 Å². The van der Waals surface area contributed by atoms with Crippen molar-refractivity contribution in [3.05, 3.63) is 58.2 Å². The van der Waals surface area contributed by atoms with Crippen LogP contribution in [0.4, 0.5) is 0 Å². The molecule has 1 aromatic heterocycles. The van der Waals surface area contributed by atoms with Crippen molar-refractivity contribution >= 4 is 42.9 Å². The largest absolute Gasteiger partial charge is 0.461 e. The molecule has 0 aliphatic rings. The Bertz CT molecular complexity index is 1070. The Balaban J connectivity index is 1.95. The van der Waals surface area contributed by atoms with Crippen molar-refractivity contribution in [2.75, 3.05) is 6.61 Å². The van der Waals surface area contributed by atoms with E-state index in [1.54, 1.807) is 31.2 Å². The van der Waals surface area contributed by atoms with Gasteiger partial charge in [-0.15, -0.1) is 0 Å². The number of H-pyrrole nitrogens is 1. The third-order valence-corrected chi connectivity index (χ3v) is 5.79. The van der Waals surface area contributed by atoms with E-state index in [4.69, 9.17) is 8.92 Å². The maximum absolute atomic E-state index is 12.4. The summed E-state index contributed by atoms with van der Waals surface area (Å²) in [5, 5.41) is 0.615. The summed E-state index contributed by atoms with van der Waals surface area (Å²) in [4.78, 5) is 15.0. The van der Waals surface area contributed by atoms with Gasteiger partial charge in [-0.25, -0.2) is 4.79 Å². The number of benzene rings is 2. The summed E-state index contributed by atoms with van der Waals surface area (Å²) in [6, 6.07) is 11.1. The van der Waals surface area contributed by atoms with E-state index in [0.717, 1.165) is 5.56 Å². The highest BCUT2D eigenvalue weighted by Gasteiger charge is 2.20. The van der Waals surface area contributed by atoms with E-state index in [2.05, 4.69) is 20.9 Å². The molecule has 0 aliphatic heterocycles. The minimum atomic E-state index is -3.95. The smallest absolute Gasteiger partial charge is 0.355 e. The minimum absolute atomic E-state index is 0.0727. The van der Waals surface area contributed by atoms with Gasteiger partial charge in [0, 0.05) is 10.9 Å². The van der Waals surface area contributed by atoms with Gasteiger partial charge in [0.2, 0.25) is 0 Å². The van der Waals surface area contributed by atoms with Crippen LogP contribution < -0.4 is 4.18 Å². The first-order chi connectivity index (χ1) is 12.3. The molecule has 3 aromatic rings. The molecular formula is C18H16BrNO5S. The molecule has 0 saturated carbocycles. The average molecular weight is 438 g/mol. The first kappa shape index (κ1) is 18.5. The lowest BCUT2D eigenvalue weighted by atomic mass is 10.2. The highest BCUT2D eigenvalue weighted by Crippen LogP contribution is 2.32. The van der Waals surface area contributed by atoms with Crippen LogP contribution in [0.25, 0.3) is 10.9 Å². The molecule has 0 radical (unpaired) electrons. The maximum Gasteiger partial charge on any atom is 0.355 e. The summed E-state index contributed by atoms with van der Waals surface area (Å²) in [6.45, 7) is 3.84. The van der Waals surface area contributed by atoms with Gasteiger partial charge in [-0.05, 0) is 60.1 Å². The van der Waals surface area contributed by atoms with Crippen molar-refractivity contribution in [1.82, 2.24) is 4.98 Å². The van der Waals surface area contributed by atoms with E-state index in [1.807, 2.05) is 6.92 Å². The second kappa shape index (κ2) is 7.13. The van der Waals surface area contributed by atoms with Crippen molar-refractivity contribution in [3.8, 4) is 5.75 Å². The van der Waals surface area contributed by atoms with E-state index in [0.29, 0.717) is 15.4 Å². The normalized spacial score (nSPS) is 11.5. The molecule has 0 saturated heterocycles. The second-order valence-electron chi connectivity index (χ2n) is 5.59. The molecule has 1 N–H and O–H groups in total. The summed E-state index contributed by atoms with van der Waals surface area (Å²) < 4.78 is 35.5. The number of rotatable bonds is 5. The van der Waals surface area contributed by atoms with E-state index in [9.17, 15) is 13.2 Å². The molecule has 0 aliphatic carbocycles. The first-order valence-corrected chi connectivity index (χ1v) is 10.0. The predicted octanol–water partition coefficient (Wildman–Crippen LogP) is 4.18. The monoisotopic (exact) mass is 437 g/mol. The molecule has 26 heavy (non-hydrogen) atoms. The van der Waals surface area contributed by atoms with Crippen LogP contribution >= 0.6 is 15.9 Å². The number of hydrogen-bond donors (Lipinski definition) is 1. The summed E-state index contributed by atoms with van der Waals surface area (Å²) in [6.07, 6.45) is 0. The van der Waals surface area contributed by atoms with E-state index >= 15 is 0 Å². The highest BCUT2D eigenvalue weighted by atomic mass is 79.9. The number of carbonyl (C=O) groups is 1. The van der Waals surface area contributed by atoms with Gasteiger partial charge in [0.05, 0.1) is 11.1 Å². The molecule has 136 valence electrons. The lowest BCUT2D eigenvalue weighted by Gasteiger charge is -2.07. The number of halogens is 1. The summed E-state index contributed by atoms with van der Waals surface area (Å²) in [5.41, 5.74) is 1.87. The molecule has 0 unspecified atom stereocenters. The van der Waals surface area contributed by atoms with Gasteiger partial charge in [-0.1, -0.05) is 17.7 Å². The minimum Gasteiger partial charge on any atom is -0.461 e. The Morgan fingerprint density at radius 3 is 2.50 bits per heavy atom. The Labute approximate surface area is 159 Å². The lowest BCUT2D eigenvalue weighted by molar-refractivity contribution is 0.0519. The number of ether oxygens (including phenoxy) is 1. The number of fused-ring (bicyclic) bond motifs is 1. The Morgan fingerprint density at radius 1 is 1.15 bits per heavy atom. The summed E-state index contributed by atoms with van der Waals surface area (Å²) >= 11 is 3.35. The molecule has 0 fully saturated rings. The second-order valence-corrected chi connectivity index (χ2v) is 7.93. The molecule has 8 heteroatoms. The molecule has 0 spiro atoms. The Morgan fingerprint density at radius 2 is 1.85 bits per heavy atom. The fraction of sp³-hybridized carbons (Fsp3) is 0.167. The SMILES string of the molecule is CCOC(=O)c1[nH]c2ccc(OS(=O)(=O)c3ccc(C)cc3)cc2c1Br. The Hall–Kier alpha value is -2.32. The standard InChI is InChI=1S/C18H16BrNO5S/c1-3-24-18(21)17-16(19)14-10-12(6-9-15(14)20-17)25-26(22,23)13-7-4-11(2)5-8-13/h4-10,20H,3H2,1-2H3. The maximum atomic E-state index is 12.4. The van der Waals surface area contributed by atoms with Gasteiger partial charge in [-0.3, -0.25) is 0 Å². The third kappa shape index (κ3) is 3.61. The molecule has 0 atom stereocenters. The van der Waals surface area contributed by atoms with Crippen LogP contribution in [0.3, 0.4) is 0 Å². The molecule has 6 nitrogen and oxygen atoms in total. The molecule has 0 bridgehead atoms. The van der Waals surface area contributed by atoms with E-state index in [-0.39, 0.29) is 22.9 Å². The molecule has 2 aromatic carbocycles. The number of esters is 1. The molecule has 1 heterocycles. The number of hydrogen-bond acceptors (Lipinski definition) is 5. The lowest BCUT2D eigenvalue weighted by Crippen LogP contribution is -2.09. The van der Waals surface area contributed by atoms with E-state index < -0.39 is 16.1 Å². The zero-order valence-corrected chi connectivity index (χ0v) is 16.5.